The Labute approximate surface area is 300 Å². The van der Waals surface area contributed by atoms with Gasteiger partial charge in [0.25, 0.3) is 10.9 Å². The van der Waals surface area contributed by atoms with Crippen LogP contribution >= 0.6 is 0 Å². The predicted octanol–water partition coefficient (Wildman–Crippen LogP) is 9.72. The van der Waals surface area contributed by atoms with Gasteiger partial charge in [-0.25, -0.2) is 0 Å². The largest absolute Gasteiger partial charge is 0.462 e. The molecular weight excluding hydrogens is 614 g/mol. The quantitative estimate of drug-likeness (QED) is 0.0308. The van der Waals surface area contributed by atoms with Gasteiger partial charge in [-0.3, -0.25) is 14.4 Å². The number of carbonyl (C=O) groups is 2. The number of ether oxygens (including phenoxy) is 1. The van der Waals surface area contributed by atoms with E-state index in [0.29, 0.717) is 30.8 Å². The fourth-order valence-electron chi connectivity index (χ4n) is 6.69. The minimum Gasteiger partial charge on any atom is -0.462 e. The van der Waals surface area contributed by atoms with Gasteiger partial charge in [-0.15, -0.1) is 0 Å². The molecule has 0 unspecified atom stereocenters. The molecule has 1 rings (SSSR count). The molecule has 8 heteroatoms. The van der Waals surface area contributed by atoms with Crippen molar-refractivity contribution in [2.45, 2.75) is 193 Å². The second kappa shape index (κ2) is 31.7. The van der Waals surface area contributed by atoms with E-state index in [0.717, 1.165) is 96.5 Å². The number of hydrogen-bond donors (Lipinski definition) is 2. The number of aldehydes is 1. The van der Waals surface area contributed by atoms with Crippen LogP contribution in [0, 0.1) is 0 Å². The standard InChI is InChI=1S/C41H75N3O5/c1-4-6-8-10-15-21-28-36(29-22-16-11-9-7-5-2)49-37(46)30-23-17-14-19-25-33-44(32-24-18-12-13-20-26-35-45)34-27-31-43-39-38(42-3)40(47)41(39)48/h35-36,42-43H,4-34H2,1-3H3. The van der Waals surface area contributed by atoms with E-state index in [4.69, 9.17) is 4.74 Å². The summed E-state index contributed by atoms with van der Waals surface area (Å²) in [4.78, 5) is 49.3. The van der Waals surface area contributed by atoms with E-state index in [2.05, 4.69) is 29.4 Å². The third-order valence-electron chi connectivity index (χ3n) is 9.82. The molecule has 284 valence electrons. The summed E-state index contributed by atoms with van der Waals surface area (Å²) < 4.78 is 6.03. The normalized spacial score (nSPS) is 11.5. The summed E-state index contributed by atoms with van der Waals surface area (Å²) in [6, 6.07) is 0. The average molecular weight is 690 g/mol. The maximum absolute atomic E-state index is 12.7. The van der Waals surface area contributed by atoms with Crippen molar-refractivity contribution in [1.29, 1.82) is 0 Å². The fourth-order valence-corrected chi connectivity index (χ4v) is 6.69. The second-order valence-corrected chi connectivity index (χ2v) is 14.2. The number of rotatable bonds is 37. The van der Waals surface area contributed by atoms with Gasteiger partial charge in [0.1, 0.15) is 23.8 Å². The van der Waals surface area contributed by atoms with Crippen molar-refractivity contribution in [1.82, 2.24) is 4.90 Å². The van der Waals surface area contributed by atoms with Crippen molar-refractivity contribution < 1.29 is 14.3 Å². The lowest BCUT2D eigenvalue weighted by Gasteiger charge is -2.23. The van der Waals surface area contributed by atoms with Gasteiger partial charge in [0.2, 0.25) is 0 Å². The molecule has 0 aromatic heterocycles. The molecule has 0 saturated heterocycles. The number of esters is 1. The van der Waals surface area contributed by atoms with Crippen LogP contribution in [0.3, 0.4) is 0 Å². The van der Waals surface area contributed by atoms with E-state index in [9.17, 15) is 19.2 Å². The van der Waals surface area contributed by atoms with Crippen molar-refractivity contribution in [2.75, 3.05) is 43.9 Å². The van der Waals surface area contributed by atoms with E-state index in [1.54, 1.807) is 7.05 Å². The fraction of sp³-hybridized carbons (Fsp3) is 0.854. The molecule has 0 fully saturated rings. The van der Waals surface area contributed by atoms with Crippen LogP contribution in [-0.4, -0.2) is 56.5 Å². The number of unbranched alkanes of at least 4 members (excludes halogenated alkanes) is 19. The van der Waals surface area contributed by atoms with Crippen LogP contribution in [0.4, 0.5) is 11.4 Å². The Hall–Kier alpha value is -2.22. The Bertz CT molecular complexity index is 990. The molecule has 1 aromatic carbocycles. The Balaban J connectivity index is 2.34. The molecule has 0 aliphatic carbocycles. The van der Waals surface area contributed by atoms with Crippen LogP contribution in [0.15, 0.2) is 9.59 Å². The van der Waals surface area contributed by atoms with Crippen molar-refractivity contribution in [2.24, 2.45) is 0 Å². The first kappa shape index (κ1) is 44.8. The second-order valence-electron chi connectivity index (χ2n) is 14.2. The highest BCUT2D eigenvalue weighted by Crippen LogP contribution is 2.19. The van der Waals surface area contributed by atoms with E-state index >= 15 is 0 Å². The highest BCUT2D eigenvalue weighted by molar-refractivity contribution is 5.73. The highest BCUT2D eigenvalue weighted by atomic mass is 16.5. The number of nitrogens with one attached hydrogen (secondary N) is 2. The van der Waals surface area contributed by atoms with Crippen LogP contribution in [0.2, 0.25) is 0 Å². The first-order valence-electron chi connectivity index (χ1n) is 20.6. The number of nitrogens with zero attached hydrogens (tertiary/aromatic N) is 1. The third kappa shape index (κ3) is 23.0. The summed E-state index contributed by atoms with van der Waals surface area (Å²) in [6.45, 7) is 8.23. The predicted molar refractivity (Wildman–Crippen MR) is 208 cm³/mol. The van der Waals surface area contributed by atoms with Gasteiger partial charge < -0.3 is 25.1 Å². The molecule has 2 N–H and O–H groups in total. The summed E-state index contributed by atoms with van der Waals surface area (Å²) >= 11 is 0. The molecule has 8 nitrogen and oxygen atoms in total. The monoisotopic (exact) mass is 690 g/mol. The van der Waals surface area contributed by atoms with Gasteiger partial charge in [-0.1, -0.05) is 117 Å². The zero-order valence-corrected chi connectivity index (χ0v) is 32.1. The number of carbonyl (C=O) groups excluding carboxylic acids is 2. The molecule has 0 bridgehead atoms. The molecule has 0 atom stereocenters. The van der Waals surface area contributed by atoms with Gasteiger partial charge in [0.15, 0.2) is 0 Å². The lowest BCUT2D eigenvalue weighted by atomic mass is 10.0. The minimum absolute atomic E-state index is 0.00141. The minimum atomic E-state index is -0.437. The maximum Gasteiger partial charge on any atom is 0.306 e. The number of anilines is 2. The molecule has 0 radical (unpaired) electrons. The van der Waals surface area contributed by atoms with Crippen molar-refractivity contribution in [3.05, 3.63) is 20.4 Å². The molecule has 0 amide bonds. The lowest BCUT2D eigenvalue weighted by molar-refractivity contribution is -0.150. The molecule has 0 aliphatic heterocycles. The Morgan fingerprint density at radius 2 is 1.10 bits per heavy atom. The number of hydrogen-bond acceptors (Lipinski definition) is 8. The van der Waals surface area contributed by atoms with Gasteiger partial charge in [0, 0.05) is 26.4 Å². The maximum atomic E-state index is 12.7. The third-order valence-corrected chi connectivity index (χ3v) is 9.82. The molecule has 0 spiro atoms. The molecule has 0 aliphatic rings. The van der Waals surface area contributed by atoms with Crippen molar-refractivity contribution in [3.63, 3.8) is 0 Å². The van der Waals surface area contributed by atoms with E-state index in [1.807, 2.05) is 0 Å². The molecular formula is C41H75N3O5. The van der Waals surface area contributed by atoms with Crippen LogP contribution in [0.1, 0.15) is 187 Å². The van der Waals surface area contributed by atoms with Crippen LogP contribution in [-0.2, 0) is 14.3 Å². The smallest absolute Gasteiger partial charge is 0.306 e. The molecule has 49 heavy (non-hydrogen) atoms. The molecule has 1 aromatic rings. The van der Waals surface area contributed by atoms with Gasteiger partial charge in [-0.2, -0.15) is 0 Å². The average Bonchev–Trinajstić information content (AvgIpc) is 3.10. The van der Waals surface area contributed by atoms with Crippen LogP contribution < -0.4 is 21.5 Å². The van der Waals surface area contributed by atoms with Crippen LogP contribution in [0.25, 0.3) is 0 Å². The van der Waals surface area contributed by atoms with Crippen LogP contribution in [0.5, 0.6) is 0 Å². The summed E-state index contributed by atoms with van der Waals surface area (Å²) in [7, 11) is 1.67. The summed E-state index contributed by atoms with van der Waals surface area (Å²) in [6.07, 6.45) is 31.5. The topological polar surface area (TPSA) is 105 Å². The lowest BCUT2D eigenvalue weighted by Crippen LogP contribution is -2.37. The van der Waals surface area contributed by atoms with Crippen molar-refractivity contribution in [3.8, 4) is 0 Å². The summed E-state index contributed by atoms with van der Waals surface area (Å²) in [5.41, 5.74) is -0.0479. The Kier molecular flexibility index (Phi) is 29.0. The van der Waals surface area contributed by atoms with E-state index in [-0.39, 0.29) is 12.1 Å². The Morgan fingerprint density at radius 3 is 1.65 bits per heavy atom. The molecule has 0 heterocycles. The first-order chi connectivity index (χ1) is 24.0. The van der Waals surface area contributed by atoms with E-state index < -0.39 is 10.9 Å². The van der Waals surface area contributed by atoms with Crippen molar-refractivity contribution >= 4 is 23.6 Å². The highest BCUT2D eigenvalue weighted by Gasteiger charge is 2.19. The summed E-state index contributed by atoms with van der Waals surface area (Å²) in [5.74, 6) is -0.00141. The zero-order valence-electron chi connectivity index (χ0n) is 32.1. The van der Waals surface area contributed by atoms with Gasteiger partial charge in [-0.05, 0) is 77.4 Å². The first-order valence-corrected chi connectivity index (χ1v) is 20.6. The van der Waals surface area contributed by atoms with E-state index in [1.165, 1.54) is 89.9 Å². The molecule has 0 saturated carbocycles. The van der Waals surface area contributed by atoms with Gasteiger partial charge >= 0.3 is 5.97 Å². The zero-order chi connectivity index (χ0) is 35.8. The SMILES string of the molecule is CCCCCCCCC(CCCCCCCC)OC(=O)CCCCCCCN(CCCCCCCC=O)CCCNc1c(NC)c(=O)c1=O. The Morgan fingerprint density at radius 1 is 0.633 bits per heavy atom. The van der Waals surface area contributed by atoms with Gasteiger partial charge in [0.05, 0.1) is 0 Å². The summed E-state index contributed by atoms with van der Waals surface area (Å²) in [5, 5.41) is 5.97.